The Kier molecular flexibility index (Phi) is 6.24. The molecule has 1 aliphatic carbocycles. The van der Waals surface area contributed by atoms with Crippen LogP contribution in [0.3, 0.4) is 0 Å². The highest BCUT2D eigenvalue weighted by Gasteiger charge is 2.30. The van der Waals surface area contributed by atoms with E-state index < -0.39 is 28.1 Å². The molecule has 2 atom stereocenters. The van der Waals surface area contributed by atoms with Crippen molar-refractivity contribution in [3.05, 3.63) is 53.1 Å². The summed E-state index contributed by atoms with van der Waals surface area (Å²) in [6, 6.07) is 10.2. The summed E-state index contributed by atoms with van der Waals surface area (Å²) >= 11 is 6.07. The molecule has 3 rings (SSSR count). The van der Waals surface area contributed by atoms with E-state index in [0.29, 0.717) is 23.6 Å². The van der Waals surface area contributed by atoms with Gasteiger partial charge in [0.2, 0.25) is 10.0 Å². The summed E-state index contributed by atoms with van der Waals surface area (Å²) in [5.41, 5.74) is 0.453. The minimum atomic E-state index is -3.91. The molecule has 0 unspecified atom stereocenters. The zero-order valence-electron chi connectivity index (χ0n) is 15.2. The fourth-order valence-electron chi connectivity index (χ4n) is 3.13. The van der Waals surface area contributed by atoms with Crippen molar-refractivity contribution in [2.75, 3.05) is 12.4 Å². The summed E-state index contributed by atoms with van der Waals surface area (Å²) in [4.78, 5) is 12.6. The third kappa shape index (κ3) is 4.47. The number of amides is 1. The van der Waals surface area contributed by atoms with Gasteiger partial charge in [-0.1, -0.05) is 23.7 Å². The first-order chi connectivity index (χ1) is 13.3. The highest BCUT2D eigenvalue weighted by Crippen LogP contribution is 2.27. The molecule has 0 aromatic heterocycles. The van der Waals surface area contributed by atoms with Gasteiger partial charge in [0.25, 0.3) is 5.91 Å². The molecular weight excluding hydrogens is 404 g/mol. The number of halogens is 1. The number of rotatable bonds is 6. The van der Waals surface area contributed by atoms with Crippen LogP contribution in [0.2, 0.25) is 5.02 Å². The van der Waals surface area contributed by atoms with Crippen LogP contribution in [0.15, 0.2) is 47.4 Å². The van der Waals surface area contributed by atoms with Crippen LogP contribution in [0.5, 0.6) is 5.75 Å². The number of aliphatic hydroxyl groups is 1. The van der Waals surface area contributed by atoms with Gasteiger partial charge >= 0.3 is 0 Å². The lowest BCUT2D eigenvalue weighted by molar-refractivity contribution is 0.102. The van der Waals surface area contributed by atoms with E-state index in [9.17, 15) is 18.3 Å². The highest BCUT2D eigenvalue weighted by molar-refractivity contribution is 7.89. The average Bonchev–Trinajstić information content (AvgIpc) is 3.07. The van der Waals surface area contributed by atoms with Gasteiger partial charge in [0.05, 0.1) is 34.4 Å². The van der Waals surface area contributed by atoms with E-state index in [1.54, 1.807) is 24.3 Å². The van der Waals surface area contributed by atoms with E-state index in [0.717, 1.165) is 6.42 Å². The van der Waals surface area contributed by atoms with Crippen LogP contribution in [0.4, 0.5) is 5.69 Å². The van der Waals surface area contributed by atoms with Crippen LogP contribution >= 0.6 is 11.6 Å². The number of methoxy groups -OCH3 is 1. The molecule has 3 N–H and O–H groups in total. The van der Waals surface area contributed by atoms with Crippen LogP contribution in [-0.2, 0) is 10.0 Å². The molecule has 0 heterocycles. The molecule has 0 aliphatic heterocycles. The fraction of sp³-hybridized carbons (Fsp3) is 0.316. The van der Waals surface area contributed by atoms with Crippen LogP contribution in [0, 0.1) is 0 Å². The molecule has 150 valence electrons. The predicted molar refractivity (Wildman–Crippen MR) is 106 cm³/mol. The lowest BCUT2D eigenvalue weighted by Gasteiger charge is -2.17. The second kappa shape index (κ2) is 8.48. The number of hydrogen-bond acceptors (Lipinski definition) is 5. The number of hydrogen-bond donors (Lipinski definition) is 3. The number of nitrogens with one attached hydrogen (secondary N) is 2. The van der Waals surface area contributed by atoms with Gasteiger partial charge in [-0.15, -0.1) is 0 Å². The third-order valence-electron chi connectivity index (χ3n) is 4.63. The lowest BCUT2D eigenvalue weighted by atomic mass is 10.2. The Morgan fingerprint density at radius 2 is 1.96 bits per heavy atom. The molecule has 1 aliphatic rings. The van der Waals surface area contributed by atoms with Gasteiger partial charge in [0.1, 0.15) is 5.75 Å². The number of ether oxygens (including phenoxy) is 1. The molecule has 2 aromatic carbocycles. The van der Waals surface area contributed by atoms with Crippen molar-refractivity contribution < 1.29 is 23.1 Å². The van der Waals surface area contributed by atoms with E-state index >= 15 is 0 Å². The average molecular weight is 425 g/mol. The topological polar surface area (TPSA) is 105 Å². The second-order valence-corrected chi connectivity index (χ2v) is 8.64. The standard InChI is InChI=1S/C19H21ClN2O5S/c1-27-18-10-9-12(28(25,26)22-16-7-4-8-17(16)23)11-13(18)19(24)21-15-6-3-2-5-14(15)20/h2-3,5-6,9-11,16-17,22-23H,4,7-8H2,1H3,(H,21,24)/t16-,17-/m1/s1. The van der Waals surface area contributed by atoms with Gasteiger partial charge in [0.15, 0.2) is 0 Å². The van der Waals surface area contributed by atoms with Crippen LogP contribution in [0.1, 0.15) is 29.6 Å². The Morgan fingerprint density at radius 1 is 1.21 bits per heavy atom. The number of aliphatic hydroxyl groups excluding tert-OH is 1. The van der Waals surface area contributed by atoms with Crippen molar-refractivity contribution in [1.82, 2.24) is 4.72 Å². The number of para-hydroxylation sites is 1. The summed E-state index contributed by atoms with van der Waals surface area (Å²) < 4.78 is 33.1. The molecule has 9 heteroatoms. The summed E-state index contributed by atoms with van der Waals surface area (Å²) in [6.07, 6.45) is 1.16. The zero-order chi connectivity index (χ0) is 20.3. The van der Waals surface area contributed by atoms with E-state index in [1.807, 2.05) is 0 Å². The minimum Gasteiger partial charge on any atom is -0.496 e. The predicted octanol–water partition coefficient (Wildman–Crippen LogP) is 2.79. The molecule has 1 amide bonds. The molecule has 1 fully saturated rings. The summed E-state index contributed by atoms with van der Waals surface area (Å²) in [7, 11) is -2.52. The first-order valence-electron chi connectivity index (χ1n) is 8.76. The Hall–Kier alpha value is -2.13. The lowest BCUT2D eigenvalue weighted by Crippen LogP contribution is -2.39. The van der Waals surface area contributed by atoms with Gasteiger partial charge in [-0.3, -0.25) is 4.79 Å². The Morgan fingerprint density at radius 3 is 2.61 bits per heavy atom. The number of sulfonamides is 1. The smallest absolute Gasteiger partial charge is 0.259 e. The number of anilines is 1. The third-order valence-corrected chi connectivity index (χ3v) is 6.45. The molecule has 0 saturated heterocycles. The molecule has 0 radical (unpaired) electrons. The summed E-state index contributed by atoms with van der Waals surface area (Å²) in [5, 5.41) is 12.9. The molecule has 28 heavy (non-hydrogen) atoms. The maximum Gasteiger partial charge on any atom is 0.259 e. The Labute approximate surface area is 168 Å². The van der Waals surface area contributed by atoms with Crippen molar-refractivity contribution >= 4 is 33.2 Å². The van der Waals surface area contributed by atoms with Gasteiger partial charge in [-0.05, 0) is 49.6 Å². The molecular formula is C19H21ClN2O5S. The first-order valence-corrected chi connectivity index (χ1v) is 10.6. The fourth-order valence-corrected chi connectivity index (χ4v) is 4.64. The summed E-state index contributed by atoms with van der Waals surface area (Å²) in [5.74, 6) is -0.327. The molecule has 0 spiro atoms. The number of carbonyl (C=O) groups is 1. The normalized spacial score (nSPS) is 19.4. The minimum absolute atomic E-state index is 0.0530. The number of benzene rings is 2. The monoisotopic (exact) mass is 424 g/mol. The van der Waals surface area contributed by atoms with Crippen molar-refractivity contribution in [2.24, 2.45) is 0 Å². The molecule has 7 nitrogen and oxygen atoms in total. The maximum atomic E-state index is 12.7. The van der Waals surface area contributed by atoms with Crippen molar-refractivity contribution in [1.29, 1.82) is 0 Å². The van der Waals surface area contributed by atoms with Gasteiger partial charge in [0, 0.05) is 6.04 Å². The van der Waals surface area contributed by atoms with E-state index in [1.165, 1.54) is 25.3 Å². The first kappa shape index (κ1) is 20.6. The molecule has 2 aromatic rings. The van der Waals surface area contributed by atoms with E-state index in [-0.39, 0.29) is 16.2 Å². The van der Waals surface area contributed by atoms with Crippen LogP contribution in [-0.4, -0.2) is 38.7 Å². The second-order valence-electron chi connectivity index (χ2n) is 6.52. The zero-order valence-corrected chi connectivity index (χ0v) is 16.8. The van der Waals surface area contributed by atoms with E-state index in [4.69, 9.17) is 16.3 Å². The highest BCUT2D eigenvalue weighted by atomic mass is 35.5. The molecule has 1 saturated carbocycles. The van der Waals surface area contributed by atoms with Gasteiger partial charge in [-0.25, -0.2) is 13.1 Å². The van der Waals surface area contributed by atoms with Crippen LogP contribution < -0.4 is 14.8 Å². The summed E-state index contributed by atoms with van der Waals surface area (Å²) in [6.45, 7) is 0. The Balaban J connectivity index is 1.89. The Bertz CT molecular complexity index is 980. The van der Waals surface area contributed by atoms with Crippen molar-refractivity contribution in [2.45, 2.75) is 36.3 Å². The van der Waals surface area contributed by atoms with E-state index in [2.05, 4.69) is 10.0 Å². The molecule has 0 bridgehead atoms. The van der Waals surface area contributed by atoms with Crippen molar-refractivity contribution in [3.8, 4) is 5.75 Å². The van der Waals surface area contributed by atoms with Gasteiger partial charge < -0.3 is 15.2 Å². The van der Waals surface area contributed by atoms with Crippen molar-refractivity contribution in [3.63, 3.8) is 0 Å². The SMILES string of the molecule is COc1ccc(S(=O)(=O)N[C@@H]2CCC[C@H]2O)cc1C(=O)Nc1ccccc1Cl. The quantitative estimate of drug-likeness (QED) is 0.661. The maximum absolute atomic E-state index is 12.7. The largest absolute Gasteiger partial charge is 0.496 e. The van der Waals surface area contributed by atoms with Gasteiger partial charge in [-0.2, -0.15) is 0 Å². The number of carbonyl (C=O) groups excluding carboxylic acids is 1. The van der Waals surface area contributed by atoms with Crippen LogP contribution in [0.25, 0.3) is 0 Å².